The molecule has 0 aromatic heterocycles. The molecule has 0 aliphatic rings. The fourth-order valence-electron chi connectivity index (χ4n) is 0.417. The molecule has 0 bridgehead atoms. The Morgan fingerprint density at radius 3 is 1.70 bits per heavy atom. The first-order valence-corrected chi connectivity index (χ1v) is 2.79. The number of rotatable bonds is 3. The second-order valence-electron chi connectivity index (χ2n) is 2.32. The lowest BCUT2D eigenvalue weighted by Crippen LogP contribution is -2.20. The minimum Gasteiger partial charge on any atom is -0.449 e. The lowest BCUT2D eigenvalue weighted by Gasteiger charge is -2.16. The zero-order valence-corrected chi connectivity index (χ0v) is 5.38. The van der Waals surface area contributed by atoms with Crippen LogP contribution in [0.4, 0.5) is 21.7 Å². The van der Waals surface area contributed by atoms with Crippen LogP contribution < -0.4 is 0 Å². The zero-order chi connectivity index (χ0) is 8.41. The minimum atomic E-state index is -5.05. The summed E-state index contributed by atoms with van der Waals surface area (Å²) >= 11 is 0. The van der Waals surface area contributed by atoms with Gasteiger partial charge in [0, 0.05) is 0 Å². The lowest BCUT2D eigenvalue weighted by atomic mass is 9.83. The summed E-state index contributed by atoms with van der Waals surface area (Å²) < 4.78 is 57.5. The van der Waals surface area contributed by atoms with Crippen LogP contribution in [0.2, 0.25) is 6.32 Å². The summed E-state index contributed by atoms with van der Waals surface area (Å²) in [6.45, 7) is -4.57. The molecule has 62 valence electrons. The molecule has 0 unspecified atom stereocenters. The van der Waals surface area contributed by atoms with E-state index in [1.54, 1.807) is 0 Å². The van der Waals surface area contributed by atoms with Crippen molar-refractivity contribution in [3.05, 3.63) is 0 Å². The summed E-state index contributed by atoms with van der Waals surface area (Å²) in [5.41, 5.74) is 0. The Morgan fingerprint density at radius 1 is 1.20 bits per heavy atom. The van der Waals surface area contributed by atoms with E-state index in [0.29, 0.717) is 6.92 Å². The molecule has 0 N–H and O–H groups in total. The highest BCUT2D eigenvalue weighted by Gasteiger charge is 2.29. The normalized spacial score (nSPS) is 13.8. The summed E-state index contributed by atoms with van der Waals surface area (Å²) in [5, 5.41) is 0. The van der Waals surface area contributed by atoms with Crippen molar-refractivity contribution in [3.8, 4) is 0 Å². The van der Waals surface area contributed by atoms with Crippen LogP contribution in [0.1, 0.15) is 13.3 Å². The van der Waals surface area contributed by atoms with Gasteiger partial charge in [-0.2, -0.15) is 0 Å². The van der Waals surface area contributed by atoms with Crippen molar-refractivity contribution < 1.29 is 21.7 Å². The Kier molecular flexibility index (Phi) is 2.68. The third kappa shape index (κ3) is 7.71. The summed E-state index contributed by atoms with van der Waals surface area (Å²) in [7, 11) is 0. The predicted molar refractivity (Wildman–Crippen MR) is 29.1 cm³/mol. The van der Waals surface area contributed by atoms with Crippen molar-refractivity contribution in [2.24, 2.45) is 0 Å². The van der Waals surface area contributed by atoms with Crippen molar-refractivity contribution in [2.45, 2.75) is 25.6 Å². The standard InChI is InChI=1S/C4H7BF5/c1-4(6,7)2-3-5(8,9)10/h2-3H2,1H3/q-1. The molecule has 0 saturated carbocycles. The quantitative estimate of drug-likeness (QED) is 0.440. The Labute approximate surface area is 55.5 Å². The van der Waals surface area contributed by atoms with Gasteiger partial charge in [-0.25, -0.2) is 8.78 Å². The molecule has 0 rings (SSSR count). The van der Waals surface area contributed by atoms with E-state index in [2.05, 4.69) is 0 Å². The number of halogens is 5. The molecule has 0 atom stereocenters. The van der Waals surface area contributed by atoms with Crippen molar-refractivity contribution in [1.82, 2.24) is 0 Å². The van der Waals surface area contributed by atoms with Gasteiger partial charge in [0.1, 0.15) is 0 Å². The van der Waals surface area contributed by atoms with E-state index in [0.717, 1.165) is 0 Å². The summed E-state index contributed by atoms with van der Waals surface area (Å²) in [6.07, 6.45) is -2.46. The molecule has 0 aromatic carbocycles. The lowest BCUT2D eigenvalue weighted by molar-refractivity contribution is 0.0162. The second-order valence-corrected chi connectivity index (χ2v) is 2.32. The molecule has 0 aliphatic heterocycles. The fourth-order valence-corrected chi connectivity index (χ4v) is 0.417. The number of hydrogen-bond donors (Lipinski definition) is 0. The van der Waals surface area contributed by atoms with E-state index >= 15 is 0 Å². The van der Waals surface area contributed by atoms with Crippen molar-refractivity contribution in [3.63, 3.8) is 0 Å². The van der Waals surface area contributed by atoms with Gasteiger partial charge in [0.25, 0.3) is 0 Å². The third-order valence-corrected chi connectivity index (χ3v) is 0.911. The van der Waals surface area contributed by atoms with Gasteiger partial charge in [0.15, 0.2) is 0 Å². The van der Waals surface area contributed by atoms with E-state index in [1.165, 1.54) is 0 Å². The van der Waals surface area contributed by atoms with E-state index in [4.69, 9.17) is 0 Å². The molecule has 0 radical (unpaired) electrons. The monoisotopic (exact) mass is 161 g/mol. The van der Waals surface area contributed by atoms with Crippen LogP contribution in [0.15, 0.2) is 0 Å². The SMILES string of the molecule is CC(F)(F)CC[B-](F)(F)F. The van der Waals surface area contributed by atoms with Gasteiger partial charge < -0.3 is 12.9 Å². The molecule has 10 heavy (non-hydrogen) atoms. The van der Waals surface area contributed by atoms with Gasteiger partial charge in [-0.1, -0.05) is 6.32 Å². The number of hydrogen-bond acceptors (Lipinski definition) is 0. The Bertz CT molecular complexity index is 87.2. The molecule has 0 heterocycles. The Hall–Kier alpha value is -0.285. The zero-order valence-electron chi connectivity index (χ0n) is 5.38. The minimum absolute atomic E-state index is 0.481. The van der Waals surface area contributed by atoms with Crippen LogP contribution in [0, 0.1) is 0 Å². The number of alkyl halides is 2. The van der Waals surface area contributed by atoms with E-state index in [9.17, 15) is 21.7 Å². The molecule has 6 heteroatoms. The largest absolute Gasteiger partial charge is 0.478 e. The summed E-state index contributed by atoms with van der Waals surface area (Å²) in [5.74, 6) is -3.20. The van der Waals surface area contributed by atoms with Gasteiger partial charge in [0.05, 0.1) is 0 Å². The third-order valence-electron chi connectivity index (χ3n) is 0.911. The van der Waals surface area contributed by atoms with Gasteiger partial charge in [-0.3, -0.25) is 0 Å². The van der Waals surface area contributed by atoms with Gasteiger partial charge in [-0.05, 0) is 13.3 Å². The van der Waals surface area contributed by atoms with Gasteiger partial charge >= 0.3 is 6.98 Å². The molecule has 0 nitrogen and oxygen atoms in total. The van der Waals surface area contributed by atoms with E-state index < -0.39 is 25.6 Å². The first kappa shape index (κ1) is 9.71. The smallest absolute Gasteiger partial charge is 0.449 e. The molecule has 0 aromatic rings. The van der Waals surface area contributed by atoms with Gasteiger partial charge in [0.2, 0.25) is 5.92 Å². The molecule has 0 saturated heterocycles. The summed E-state index contributed by atoms with van der Waals surface area (Å²) in [6, 6.07) is 0. The van der Waals surface area contributed by atoms with E-state index in [1.807, 2.05) is 0 Å². The van der Waals surface area contributed by atoms with Crippen LogP contribution in [-0.2, 0) is 0 Å². The second kappa shape index (κ2) is 2.76. The van der Waals surface area contributed by atoms with Crippen molar-refractivity contribution in [2.75, 3.05) is 0 Å². The highest BCUT2D eigenvalue weighted by atomic mass is 19.4. The van der Waals surface area contributed by atoms with Crippen LogP contribution in [0.3, 0.4) is 0 Å². The van der Waals surface area contributed by atoms with Crippen molar-refractivity contribution in [1.29, 1.82) is 0 Å². The molecule has 0 amide bonds. The van der Waals surface area contributed by atoms with Crippen LogP contribution in [0.5, 0.6) is 0 Å². The highest BCUT2D eigenvalue weighted by molar-refractivity contribution is 6.58. The molecule has 0 aliphatic carbocycles. The Morgan fingerprint density at radius 2 is 1.60 bits per heavy atom. The average Bonchev–Trinajstić information content (AvgIpc) is 1.57. The topological polar surface area (TPSA) is 0 Å². The predicted octanol–water partition coefficient (Wildman–Crippen LogP) is 2.88. The van der Waals surface area contributed by atoms with Crippen LogP contribution in [0.25, 0.3) is 0 Å². The Balaban J connectivity index is 3.56. The maximum Gasteiger partial charge on any atom is 0.478 e. The highest BCUT2D eigenvalue weighted by Crippen LogP contribution is 2.26. The maximum absolute atomic E-state index is 11.8. The summed E-state index contributed by atoms with van der Waals surface area (Å²) in [4.78, 5) is 0. The molecule has 0 fully saturated rings. The van der Waals surface area contributed by atoms with Crippen LogP contribution in [-0.4, -0.2) is 12.9 Å². The fraction of sp³-hybridized carbons (Fsp3) is 1.00. The maximum atomic E-state index is 11.8. The first-order valence-electron chi connectivity index (χ1n) is 2.79. The average molecular weight is 161 g/mol. The van der Waals surface area contributed by atoms with Gasteiger partial charge in [-0.15, -0.1) is 0 Å². The van der Waals surface area contributed by atoms with E-state index in [-0.39, 0.29) is 0 Å². The van der Waals surface area contributed by atoms with Crippen molar-refractivity contribution >= 4 is 6.98 Å². The molecular formula is C4H7BF5-. The molecule has 0 spiro atoms. The first-order chi connectivity index (χ1) is 4.21. The van der Waals surface area contributed by atoms with Crippen LogP contribution >= 0.6 is 0 Å². The molecular weight excluding hydrogens is 154 g/mol.